The quantitative estimate of drug-likeness (QED) is 0.624. The summed E-state index contributed by atoms with van der Waals surface area (Å²) in [7, 11) is 0. The molecule has 0 atom stereocenters. The average molecular weight is 334 g/mol. The lowest BCUT2D eigenvalue weighted by molar-refractivity contribution is 0.626. The standard InChI is InChI=1S/C10H8FIN2S/c1-6-5-13-10(15)14(6)9-3-2-7(11)4-8(9)12/h2-5H,1H3,(H,13,15). The Morgan fingerprint density at radius 3 is 2.73 bits per heavy atom. The zero-order chi connectivity index (χ0) is 11.0. The van der Waals surface area contributed by atoms with Crippen LogP contribution in [0.4, 0.5) is 4.39 Å². The lowest BCUT2D eigenvalue weighted by Gasteiger charge is -2.07. The molecule has 0 radical (unpaired) electrons. The fourth-order valence-corrected chi connectivity index (χ4v) is 2.44. The molecule has 2 rings (SSSR count). The van der Waals surface area contributed by atoms with Crippen LogP contribution in [0.2, 0.25) is 0 Å². The van der Waals surface area contributed by atoms with Crippen molar-refractivity contribution in [2.24, 2.45) is 0 Å². The molecule has 1 aromatic carbocycles. The molecule has 0 aliphatic rings. The molecule has 0 fully saturated rings. The fraction of sp³-hybridized carbons (Fsp3) is 0.100. The van der Waals surface area contributed by atoms with Gasteiger partial charge < -0.3 is 4.98 Å². The van der Waals surface area contributed by atoms with Crippen molar-refractivity contribution in [3.05, 3.63) is 44.2 Å². The molecule has 0 spiro atoms. The second-order valence-corrected chi connectivity index (χ2v) is 4.72. The van der Waals surface area contributed by atoms with Crippen LogP contribution >= 0.6 is 34.8 Å². The highest BCUT2D eigenvalue weighted by Gasteiger charge is 2.07. The number of aryl methyl sites for hydroxylation is 1. The van der Waals surface area contributed by atoms with Crippen LogP contribution in [0.3, 0.4) is 0 Å². The molecule has 15 heavy (non-hydrogen) atoms. The smallest absolute Gasteiger partial charge is 0.182 e. The Morgan fingerprint density at radius 2 is 2.20 bits per heavy atom. The van der Waals surface area contributed by atoms with Crippen molar-refractivity contribution in [1.29, 1.82) is 0 Å². The number of imidazole rings is 1. The molecule has 0 saturated carbocycles. The van der Waals surface area contributed by atoms with Gasteiger partial charge in [0.1, 0.15) is 5.82 Å². The van der Waals surface area contributed by atoms with Crippen LogP contribution in [0.25, 0.3) is 5.69 Å². The van der Waals surface area contributed by atoms with E-state index in [1.165, 1.54) is 12.1 Å². The van der Waals surface area contributed by atoms with E-state index in [0.717, 1.165) is 15.0 Å². The zero-order valence-corrected chi connectivity index (χ0v) is 10.9. The van der Waals surface area contributed by atoms with Crippen LogP contribution < -0.4 is 0 Å². The third-order valence-corrected chi connectivity index (χ3v) is 3.28. The van der Waals surface area contributed by atoms with Gasteiger partial charge in [0.25, 0.3) is 0 Å². The number of nitrogens with one attached hydrogen (secondary N) is 1. The van der Waals surface area contributed by atoms with E-state index in [0.29, 0.717) is 4.77 Å². The monoisotopic (exact) mass is 334 g/mol. The SMILES string of the molecule is Cc1c[nH]c(=S)n1-c1ccc(F)cc1I. The Labute approximate surface area is 105 Å². The zero-order valence-electron chi connectivity index (χ0n) is 7.92. The van der Waals surface area contributed by atoms with Crippen LogP contribution in [-0.4, -0.2) is 9.55 Å². The third-order valence-electron chi connectivity index (χ3n) is 2.11. The largest absolute Gasteiger partial charge is 0.337 e. The molecule has 0 bridgehead atoms. The van der Waals surface area contributed by atoms with E-state index in [4.69, 9.17) is 12.2 Å². The van der Waals surface area contributed by atoms with E-state index in [1.54, 1.807) is 6.07 Å². The Bertz CT molecular complexity index is 559. The van der Waals surface area contributed by atoms with Crippen LogP contribution in [0.15, 0.2) is 24.4 Å². The van der Waals surface area contributed by atoms with Gasteiger partial charge >= 0.3 is 0 Å². The number of hydrogen-bond donors (Lipinski definition) is 1. The number of aromatic amines is 1. The van der Waals surface area contributed by atoms with E-state index in [-0.39, 0.29) is 5.82 Å². The van der Waals surface area contributed by atoms with Crippen LogP contribution in [0.5, 0.6) is 0 Å². The summed E-state index contributed by atoms with van der Waals surface area (Å²) in [6, 6.07) is 4.66. The van der Waals surface area contributed by atoms with Crippen molar-refractivity contribution in [1.82, 2.24) is 9.55 Å². The first-order chi connectivity index (χ1) is 7.09. The number of halogens is 2. The van der Waals surface area contributed by atoms with Crippen LogP contribution in [-0.2, 0) is 0 Å². The number of H-pyrrole nitrogens is 1. The molecule has 0 aliphatic carbocycles. The normalized spacial score (nSPS) is 10.6. The summed E-state index contributed by atoms with van der Waals surface area (Å²) in [4.78, 5) is 2.96. The first kappa shape index (κ1) is 10.8. The maximum Gasteiger partial charge on any atom is 0.182 e. The topological polar surface area (TPSA) is 20.7 Å². The van der Waals surface area contributed by atoms with Gasteiger partial charge in [-0.2, -0.15) is 0 Å². The van der Waals surface area contributed by atoms with Crippen molar-refractivity contribution < 1.29 is 4.39 Å². The van der Waals surface area contributed by atoms with E-state index in [9.17, 15) is 4.39 Å². The molecule has 1 N–H and O–H groups in total. The summed E-state index contributed by atoms with van der Waals surface area (Å²) in [6.45, 7) is 1.95. The number of benzene rings is 1. The van der Waals surface area contributed by atoms with Crippen LogP contribution in [0, 0.1) is 21.1 Å². The van der Waals surface area contributed by atoms with E-state index < -0.39 is 0 Å². The minimum Gasteiger partial charge on any atom is -0.337 e. The molecule has 0 saturated heterocycles. The molecule has 2 aromatic rings. The van der Waals surface area contributed by atoms with Crippen molar-refractivity contribution >= 4 is 34.8 Å². The van der Waals surface area contributed by atoms with Gasteiger partial charge in [-0.05, 0) is 59.9 Å². The van der Waals surface area contributed by atoms with Gasteiger partial charge in [0, 0.05) is 15.5 Å². The summed E-state index contributed by atoms with van der Waals surface area (Å²) in [5.41, 5.74) is 1.91. The second-order valence-electron chi connectivity index (χ2n) is 3.17. The van der Waals surface area contributed by atoms with E-state index in [1.807, 2.05) is 17.7 Å². The van der Waals surface area contributed by atoms with Crippen molar-refractivity contribution in [2.75, 3.05) is 0 Å². The Kier molecular flexibility index (Phi) is 2.92. The van der Waals surface area contributed by atoms with Gasteiger partial charge in [0.05, 0.1) is 5.69 Å². The van der Waals surface area contributed by atoms with Gasteiger partial charge in [-0.25, -0.2) is 4.39 Å². The third kappa shape index (κ3) is 1.98. The van der Waals surface area contributed by atoms with E-state index >= 15 is 0 Å². The molecule has 0 unspecified atom stereocenters. The molecule has 1 aromatic heterocycles. The van der Waals surface area contributed by atoms with Gasteiger partial charge in [-0.1, -0.05) is 0 Å². The van der Waals surface area contributed by atoms with Crippen molar-refractivity contribution in [3.8, 4) is 5.69 Å². The molecule has 0 aliphatic heterocycles. The molecule has 1 heterocycles. The molecule has 2 nitrogen and oxygen atoms in total. The van der Waals surface area contributed by atoms with Gasteiger partial charge in [-0.3, -0.25) is 4.57 Å². The fourth-order valence-electron chi connectivity index (χ4n) is 1.42. The molecule has 5 heteroatoms. The highest BCUT2D eigenvalue weighted by molar-refractivity contribution is 14.1. The van der Waals surface area contributed by atoms with Gasteiger partial charge in [0.2, 0.25) is 0 Å². The predicted molar refractivity (Wildman–Crippen MR) is 68.4 cm³/mol. The second kappa shape index (κ2) is 4.05. The molecular weight excluding hydrogens is 326 g/mol. The minimum absolute atomic E-state index is 0.233. The maximum absolute atomic E-state index is 12.9. The first-order valence-electron chi connectivity index (χ1n) is 4.32. The summed E-state index contributed by atoms with van der Waals surface area (Å²) < 4.78 is 16.3. The summed E-state index contributed by atoms with van der Waals surface area (Å²) in [5.74, 6) is -0.233. The highest BCUT2D eigenvalue weighted by atomic mass is 127. The van der Waals surface area contributed by atoms with Crippen molar-refractivity contribution in [3.63, 3.8) is 0 Å². The lowest BCUT2D eigenvalue weighted by Crippen LogP contribution is -1.99. The Hall–Kier alpha value is -0.690. The van der Waals surface area contributed by atoms with Gasteiger partial charge in [0.15, 0.2) is 4.77 Å². The minimum atomic E-state index is -0.233. The summed E-state index contributed by atoms with van der Waals surface area (Å²) in [6.07, 6.45) is 1.84. The summed E-state index contributed by atoms with van der Waals surface area (Å²) in [5, 5.41) is 0. The van der Waals surface area contributed by atoms with Gasteiger partial charge in [-0.15, -0.1) is 0 Å². The molecule has 0 amide bonds. The number of aromatic nitrogens is 2. The molecular formula is C10H8FIN2S. The Balaban J connectivity index is 2.69. The summed E-state index contributed by atoms with van der Waals surface area (Å²) >= 11 is 7.26. The molecule has 78 valence electrons. The lowest BCUT2D eigenvalue weighted by atomic mass is 10.3. The predicted octanol–water partition coefficient (Wildman–Crippen LogP) is 3.59. The van der Waals surface area contributed by atoms with Crippen molar-refractivity contribution in [2.45, 2.75) is 6.92 Å². The first-order valence-corrected chi connectivity index (χ1v) is 5.81. The maximum atomic E-state index is 12.9. The number of nitrogens with zero attached hydrogens (tertiary/aromatic N) is 1. The van der Waals surface area contributed by atoms with E-state index in [2.05, 4.69) is 27.6 Å². The number of hydrogen-bond acceptors (Lipinski definition) is 1. The average Bonchev–Trinajstić information content (AvgIpc) is 2.48. The van der Waals surface area contributed by atoms with Crippen LogP contribution in [0.1, 0.15) is 5.69 Å². The Morgan fingerprint density at radius 1 is 1.47 bits per heavy atom. The highest BCUT2D eigenvalue weighted by Crippen LogP contribution is 2.20. The number of rotatable bonds is 1.